The predicted molar refractivity (Wildman–Crippen MR) is 118 cm³/mol. The largest absolute Gasteiger partial charge is 0.343 e. The molecule has 2 aromatic rings. The number of aromatic nitrogens is 1. The van der Waals surface area contributed by atoms with E-state index in [0.29, 0.717) is 18.1 Å². The molecule has 0 aliphatic carbocycles. The zero-order valence-electron chi connectivity index (χ0n) is 17.4. The summed E-state index contributed by atoms with van der Waals surface area (Å²) >= 11 is 6.14. The monoisotopic (exact) mass is 425 g/mol. The molecule has 0 radical (unpaired) electrons. The number of carbonyl (C=O) groups is 2. The Kier molecular flexibility index (Phi) is 6.38. The lowest BCUT2D eigenvalue weighted by Crippen LogP contribution is -2.46. The summed E-state index contributed by atoms with van der Waals surface area (Å²) in [7, 11) is 0. The number of amides is 2. The number of benzene rings is 1. The van der Waals surface area contributed by atoms with Gasteiger partial charge in [-0.1, -0.05) is 29.8 Å². The van der Waals surface area contributed by atoms with Crippen LogP contribution in [0.4, 0.5) is 0 Å². The van der Waals surface area contributed by atoms with E-state index in [9.17, 15) is 9.59 Å². The number of nitrogens with zero attached hydrogens (tertiary/aromatic N) is 3. The molecular weight excluding hydrogens is 398 g/mol. The summed E-state index contributed by atoms with van der Waals surface area (Å²) in [5, 5.41) is 0.699. The van der Waals surface area contributed by atoms with Crippen LogP contribution in [0, 0.1) is 5.92 Å². The van der Waals surface area contributed by atoms with Crippen LogP contribution in [0.25, 0.3) is 11.3 Å². The number of hydrogen-bond acceptors (Lipinski definition) is 3. The van der Waals surface area contributed by atoms with E-state index in [1.54, 1.807) is 6.92 Å². The van der Waals surface area contributed by atoms with Gasteiger partial charge in [0.25, 0.3) is 0 Å². The molecule has 0 unspecified atom stereocenters. The molecule has 1 aromatic heterocycles. The van der Waals surface area contributed by atoms with Gasteiger partial charge < -0.3 is 9.80 Å². The molecule has 1 atom stereocenters. The fourth-order valence-corrected chi connectivity index (χ4v) is 4.80. The minimum absolute atomic E-state index is 0.0325. The minimum atomic E-state index is 0.0325. The second kappa shape index (κ2) is 9.17. The zero-order valence-corrected chi connectivity index (χ0v) is 18.1. The molecule has 2 aliphatic heterocycles. The van der Waals surface area contributed by atoms with Crippen molar-refractivity contribution in [3.05, 3.63) is 53.2 Å². The molecule has 4 rings (SSSR count). The summed E-state index contributed by atoms with van der Waals surface area (Å²) in [5.41, 5.74) is 2.96. The number of rotatable bonds is 3. The molecule has 30 heavy (non-hydrogen) atoms. The number of pyridine rings is 1. The molecule has 2 fully saturated rings. The van der Waals surface area contributed by atoms with E-state index in [-0.39, 0.29) is 23.7 Å². The van der Waals surface area contributed by atoms with E-state index in [0.717, 1.165) is 55.7 Å². The first-order chi connectivity index (χ1) is 14.5. The van der Waals surface area contributed by atoms with Crippen LogP contribution in [-0.4, -0.2) is 52.8 Å². The van der Waals surface area contributed by atoms with Gasteiger partial charge in [-0.2, -0.15) is 0 Å². The molecule has 3 heterocycles. The third kappa shape index (κ3) is 4.67. The highest BCUT2D eigenvalue weighted by atomic mass is 35.5. The van der Waals surface area contributed by atoms with Gasteiger partial charge in [-0.15, -0.1) is 0 Å². The van der Waals surface area contributed by atoms with Crippen molar-refractivity contribution in [1.29, 1.82) is 0 Å². The average molecular weight is 426 g/mol. The van der Waals surface area contributed by atoms with Crippen molar-refractivity contribution in [3.8, 4) is 11.3 Å². The fourth-order valence-electron chi connectivity index (χ4n) is 4.61. The quantitative estimate of drug-likeness (QED) is 0.733. The van der Waals surface area contributed by atoms with Gasteiger partial charge in [0, 0.05) is 61.2 Å². The number of halogens is 1. The van der Waals surface area contributed by atoms with Gasteiger partial charge in [0.2, 0.25) is 11.8 Å². The third-order valence-corrected chi connectivity index (χ3v) is 6.57. The van der Waals surface area contributed by atoms with Gasteiger partial charge in [-0.25, -0.2) is 0 Å². The maximum absolute atomic E-state index is 13.1. The van der Waals surface area contributed by atoms with Gasteiger partial charge in [0.15, 0.2) is 0 Å². The second-order valence-corrected chi connectivity index (χ2v) is 8.80. The number of hydrogen-bond donors (Lipinski definition) is 0. The summed E-state index contributed by atoms with van der Waals surface area (Å²) in [6, 6.07) is 13.9. The highest BCUT2D eigenvalue weighted by Gasteiger charge is 2.32. The molecule has 0 N–H and O–H groups in total. The Hall–Kier alpha value is -2.40. The lowest BCUT2D eigenvalue weighted by Gasteiger charge is -2.37. The fraction of sp³-hybridized carbons (Fsp3) is 0.458. The molecule has 2 aliphatic rings. The summed E-state index contributed by atoms with van der Waals surface area (Å²) in [6.07, 6.45) is 3.56. The third-order valence-electron chi connectivity index (χ3n) is 6.33. The molecule has 0 bridgehead atoms. The molecule has 1 aromatic carbocycles. The van der Waals surface area contributed by atoms with Crippen LogP contribution in [0.2, 0.25) is 5.02 Å². The van der Waals surface area contributed by atoms with Crippen molar-refractivity contribution in [2.75, 3.05) is 26.2 Å². The highest BCUT2D eigenvalue weighted by Crippen LogP contribution is 2.30. The van der Waals surface area contributed by atoms with E-state index in [4.69, 9.17) is 16.6 Å². The normalized spacial score (nSPS) is 20.3. The van der Waals surface area contributed by atoms with Gasteiger partial charge in [0.1, 0.15) is 0 Å². The molecule has 0 spiro atoms. The topological polar surface area (TPSA) is 53.5 Å². The lowest BCUT2D eigenvalue weighted by atomic mass is 9.90. The molecule has 2 saturated heterocycles. The number of piperidine rings is 2. The minimum Gasteiger partial charge on any atom is -0.343 e. The van der Waals surface area contributed by atoms with E-state index in [1.807, 2.05) is 46.2 Å². The summed E-state index contributed by atoms with van der Waals surface area (Å²) in [5.74, 6) is 0.628. The Balaban J connectivity index is 1.44. The first kappa shape index (κ1) is 20.9. The Morgan fingerprint density at radius 2 is 1.77 bits per heavy atom. The Morgan fingerprint density at radius 3 is 2.50 bits per heavy atom. The Labute approximate surface area is 183 Å². The Bertz CT molecular complexity index is 924. The van der Waals surface area contributed by atoms with E-state index in [2.05, 4.69) is 6.07 Å². The van der Waals surface area contributed by atoms with Gasteiger partial charge >= 0.3 is 0 Å². The number of carbonyl (C=O) groups excluding carboxylic acids is 2. The zero-order chi connectivity index (χ0) is 21.1. The van der Waals surface area contributed by atoms with Crippen LogP contribution in [0.1, 0.15) is 44.2 Å². The van der Waals surface area contributed by atoms with Gasteiger partial charge in [0.05, 0.1) is 5.69 Å². The van der Waals surface area contributed by atoms with Crippen LogP contribution in [0.5, 0.6) is 0 Å². The Morgan fingerprint density at radius 1 is 1.00 bits per heavy atom. The van der Waals surface area contributed by atoms with Crippen molar-refractivity contribution < 1.29 is 9.59 Å². The molecular formula is C24H28ClN3O2. The van der Waals surface area contributed by atoms with E-state index >= 15 is 0 Å². The first-order valence-corrected chi connectivity index (χ1v) is 11.2. The maximum Gasteiger partial charge on any atom is 0.225 e. The van der Waals surface area contributed by atoms with Crippen molar-refractivity contribution in [1.82, 2.24) is 14.8 Å². The van der Waals surface area contributed by atoms with Crippen molar-refractivity contribution in [2.24, 2.45) is 5.92 Å². The van der Waals surface area contributed by atoms with Crippen LogP contribution < -0.4 is 0 Å². The van der Waals surface area contributed by atoms with Crippen molar-refractivity contribution in [3.63, 3.8) is 0 Å². The SMILES string of the molecule is CC(=O)N1CCC(C(=O)N2CCC[C@H](c3cccc(-c4cccc(Cl)c4)n3)C2)CC1. The van der Waals surface area contributed by atoms with Gasteiger partial charge in [-0.3, -0.25) is 14.6 Å². The van der Waals surface area contributed by atoms with Crippen LogP contribution in [0.15, 0.2) is 42.5 Å². The highest BCUT2D eigenvalue weighted by molar-refractivity contribution is 6.30. The summed E-state index contributed by atoms with van der Waals surface area (Å²) in [6.45, 7) is 4.51. The molecule has 5 nitrogen and oxygen atoms in total. The smallest absolute Gasteiger partial charge is 0.225 e. The first-order valence-electron chi connectivity index (χ1n) is 10.8. The second-order valence-electron chi connectivity index (χ2n) is 8.36. The van der Waals surface area contributed by atoms with Crippen molar-refractivity contribution >= 4 is 23.4 Å². The molecule has 6 heteroatoms. The van der Waals surface area contributed by atoms with E-state index in [1.165, 1.54) is 0 Å². The standard InChI is InChI=1S/C24H28ClN3O2/c1-17(29)27-13-10-18(11-14-27)24(30)28-12-4-6-20(16-28)23-9-3-8-22(26-23)19-5-2-7-21(25)15-19/h2-3,5,7-9,15,18,20H,4,6,10-14,16H2,1H3/t20-/m0/s1. The van der Waals surface area contributed by atoms with Crippen LogP contribution in [0.3, 0.4) is 0 Å². The molecule has 0 saturated carbocycles. The van der Waals surface area contributed by atoms with Crippen LogP contribution in [-0.2, 0) is 9.59 Å². The predicted octanol–water partition coefficient (Wildman–Crippen LogP) is 4.37. The average Bonchev–Trinajstić information content (AvgIpc) is 2.79. The summed E-state index contributed by atoms with van der Waals surface area (Å²) < 4.78 is 0. The van der Waals surface area contributed by atoms with Gasteiger partial charge in [-0.05, 0) is 49.9 Å². The van der Waals surface area contributed by atoms with E-state index < -0.39 is 0 Å². The maximum atomic E-state index is 13.1. The molecule has 158 valence electrons. The number of likely N-dealkylation sites (tertiary alicyclic amines) is 2. The van der Waals surface area contributed by atoms with Crippen molar-refractivity contribution in [2.45, 2.75) is 38.5 Å². The summed E-state index contributed by atoms with van der Waals surface area (Å²) in [4.78, 5) is 33.4. The molecule has 2 amide bonds. The lowest BCUT2D eigenvalue weighted by molar-refractivity contribution is -0.141. The van der Waals surface area contributed by atoms with Crippen LogP contribution >= 0.6 is 11.6 Å².